The number of nitrogens with one attached hydrogen (secondary N) is 1. The van der Waals surface area contributed by atoms with Gasteiger partial charge in [0, 0.05) is 37.9 Å². The number of nitrogens with zero attached hydrogens (tertiary/aromatic N) is 2. The van der Waals surface area contributed by atoms with Gasteiger partial charge in [0.15, 0.2) is 0 Å². The standard InChI is InChI=1S/C24H29N3O3/c1-19-4-2-3-5-20(19)6-9-24(28)25-22-8-7-21(26-10-14-29-15-11-26)18-23(22)27-12-16-30-17-13-27/h2-9,18H,10-17H2,1H3,(H,25,28)/b9-6+. The molecule has 2 aromatic rings. The van der Waals surface area contributed by atoms with Crippen molar-refractivity contribution in [2.75, 3.05) is 67.7 Å². The summed E-state index contributed by atoms with van der Waals surface area (Å²) in [6.07, 6.45) is 3.46. The number of aryl methyl sites for hydroxylation is 1. The third-order valence-corrected chi connectivity index (χ3v) is 5.57. The van der Waals surface area contributed by atoms with Gasteiger partial charge >= 0.3 is 0 Å². The first-order valence-electron chi connectivity index (χ1n) is 10.5. The molecule has 0 spiro atoms. The molecule has 0 atom stereocenters. The van der Waals surface area contributed by atoms with E-state index in [1.165, 1.54) is 0 Å². The van der Waals surface area contributed by atoms with E-state index in [0.29, 0.717) is 13.2 Å². The van der Waals surface area contributed by atoms with Crippen molar-refractivity contribution in [3.63, 3.8) is 0 Å². The number of morpholine rings is 2. The molecule has 2 aromatic carbocycles. The normalized spacial score (nSPS) is 17.4. The average Bonchev–Trinajstić information content (AvgIpc) is 2.80. The van der Waals surface area contributed by atoms with Crippen LogP contribution in [0.15, 0.2) is 48.5 Å². The molecule has 30 heavy (non-hydrogen) atoms. The molecule has 6 heteroatoms. The summed E-state index contributed by atoms with van der Waals surface area (Å²) in [5.74, 6) is -0.133. The summed E-state index contributed by atoms with van der Waals surface area (Å²) in [4.78, 5) is 17.3. The van der Waals surface area contributed by atoms with Gasteiger partial charge in [0.2, 0.25) is 5.91 Å². The molecule has 0 aliphatic carbocycles. The summed E-state index contributed by atoms with van der Waals surface area (Å²) < 4.78 is 11.0. The van der Waals surface area contributed by atoms with E-state index >= 15 is 0 Å². The fraction of sp³-hybridized carbons (Fsp3) is 0.375. The Kier molecular flexibility index (Phi) is 6.67. The number of amides is 1. The highest BCUT2D eigenvalue weighted by Gasteiger charge is 2.19. The minimum atomic E-state index is -0.133. The Balaban J connectivity index is 1.54. The Morgan fingerprint density at radius 2 is 1.60 bits per heavy atom. The van der Waals surface area contributed by atoms with Gasteiger partial charge in [0.05, 0.1) is 37.8 Å². The van der Waals surface area contributed by atoms with Gasteiger partial charge in [-0.2, -0.15) is 0 Å². The van der Waals surface area contributed by atoms with Crippen molar-refractivity contribution >= 4 is 29.0 Å². The molecule has 0 aromatic heterocycles. The van der Waals surface area contributed by atoms with E-state index in [9.17, 15) is 4.79 Å². The SMILES string of the molecule is Cc1ccccc1/C=C/C(=O)Nc1ccc(N2CCOCC2)cc1N1CCOCC1. The summed E-state index contributed by atoms with van der Waals surface area (Å²) >= 11 is 0. The summed E-state index contributed by atoms with van der Waals surface area (Å²) in [5.41, 5.74) is 5.22. The van der Waals surface area contributed by atoms with Gasteiger partial charge in [0.25, 0.3) is 0 Å². The first kappa shape index (κ1) is 20.4. The van der Waals surface area contributed by atoms with Crippen LogP contribution >= 0.6 is 0 Å². The maximum atomic E-state index is 12.7. The van der Waals surface area contributed by atoms with Gasteiger partial charge in [-0.1, -0.05) is 24.3 Å². The lowest BCUT2D eigenvalue weighted by Crippen LogP contribution is -2.38. The molecule has 0 radical (unpaired) electrons. The van der Waals surface area contributed by atoms with Crippen LogP contribution < -0.4 is 15.1 Å². The molecule has 2 saturated heterocycles. The predicted molar refractivity (Wildman–Crippen MR) is 121 cm³/mol. The maximum Gasteiger partial charge on any atom is 0.248 e. The van der Waals surface area contributed by atoms with Crippen molar-refractivity contribution in [2.45, 2.75) is 6.92 Å². The van der Waals surface area contributed by atoms with Gasteiger partial charge in [-0.15, -0.1) is 0 Å². The molecular formula is C24H29N3O3. The zero-order chi connectivity index (χ0) is 20.8. The number of benzene rings is 2. The van der Waals surface area contributed by atoms with E-state index in [-0.39, 0.29) is 5.91 Å². The van der Waals surface area contributed by atoms with Crippen molar-refractivity contribution in [1.82, 2.24) is 0 Å². The second-order valence-electron chi connectivity index (χ2n) is 7.58. The van der Waals surface area contributed by atoms with Crippen LogP contribution in [0.5, 0.6) is 0 Å². The van der Waals surface area contributed by atoms with Crippen molar-refractivity contribution in [2.24, 2.45) is 0 Å². The van der Waals surface area contributed by atoms with Crippen LogP contribution in [0.25, 0.3) is 6.08 Å². The molecule has 0 bridgehead atoms. The van der Waals surface area contributed by atoms with E-state index in [2.05, 4.69) is 27.2 Å². The summed E-state index contributed by atoms with van der Waals surface area (Å²) in [6.45, 7) is 8.32. The lowest BCUT2D eigenvalue weighted by atomic mass is 10.1. The molecule has 158 valence electrons. The number of rotatable bonds is 5. The molecule has 2 fully saturated rings. The molecule has 2 heterocycles. The van der Waals surface area contributed by atoms with Crippen molar-refractivity contribution in [1.29, 1.82) is 0 Å². The van der Waals surface area contributed by atoms with E-state index in [1.54, 1.807) is 6.08 Å². The number of hydrogen-bond donors (Lipinski definition) is 1. The van der Waals surface area contributed by atoms with E-state index in [1.807, 2.05) is 43.3 Å². The molecule has 0 saturated carbocycles. The monoisotopic (exact) mass is 407 g/mol. The number of carbonyl (C=O) groups excluding carboxylic acids is 1. The lowest BCUT2D eigenvalue weighted by Gasteiger charge is -2.33. The van der Waals surface area contributed by atoms with Gasteiger partial charge in [-0.3, -0.25) is 4.79 Å². The fourth-order valence-corrected chi connectivity index (χ4v) is 3.82. The van der Waals surface area contributed by atoms with Crippen molar-refractivity contribution < 1.29 is 14.3 Å². The molecule has 1 amide bonds. The molecule has 2 aliphatic rings. The number of ether oxygens (including phenoxy) is 2. The summed E-state index contributed by atoms with van der Waals surface area (Å²) in [5, 5.41) is 3.08. The van der Waals surface area contributed by atoms with E-state index < -0.39 is 0 Å². The second-order valence-corrected chi connectivity index (χ2v) is 7.58. The number of hydrogen-bond acceptors (Lipinski definition) is 5. The zero-order valence-electron chi connectivity index (χ0n) is 17.5. The molecule has 6 nitrogen and oxygen atoms in total. The Morgan fingerprint density at radius 3 is 2.30 bits per heavy atom. The number of anilines is 3. The maximum absolute atomic E-state index is 12.7. The highest BCUT2D eigenvalue weighted by molar-refractivity contribution is 6.04. The molecule has 4 rings (SSSR count). The van der Waals surface area contributed by atoms with Crippen LogP contribution in [0.3, 0.4) is 0 Å². The first-order chi connectivity index (χ1) is 14.7. The van der Waals surface area contributed by atoms with Crippen LogP contribution in [0.4, 0.5) is 17.1 Å². The van der Waals surface area contributed by atoms with Crippen LogP contribution in [0, 0.1) is 6.92 Å². The lowest BCUT2D eigenvalue weighted by molar-refractivity contribution is -0.111. The zero-order valence-corrected chi connectivity index (χ0v) is 17.5. The molecule has 1 N–H and O–H groups in total. The second kappa shape index (κ2) is 9.78. The van der Waals surface area contributed by atoms with E-state index in [0.717, 1.165) is 67.6 Å². The summed E-state index contributed by atoms with van der Waals surface area (Å²) in [6, 6.07) is 14.3. The van der Waals surface area contributed by atoms with Crippen molar-refractivity contribution in [3.8, 4) is 0 Å². The number of carbonyl (C=O) groups is 1. The third-order valence-electron chi connectivity index (χ3n) is 5.57. The van der Waals surface area contributed by atoms with Crippen LogP contribution in [-0.4, -0.2) is 58.5 Å². The highest BCUT2D eigenvalue weighted by Crippen LogP contribution is 2.32. The predicted octanol–water partition coefficient (Wildman–Crippen LogP) is 3.32. The van der Waals surface area contributed by atoms with Gasteiger partial charge < -0.3 is 24.6 Å². The molecule has 2 aliphatic heterocycles. The van der Waals surface area contributed by atoms with Gasteiger partial charge in [-0.05, 0) is 42.3 Å². The first-order valence-corrected chi connectivity index (χ1v) is 10.5. The minimum Gasteiger partial charge on any atom is -0.378 e. The average molecular weight is 408 g/mol. The summed E-state index contributed by atoms with van der Waals surface area (Å²) in [7, 11) is 0. The third kappa shape index (κ3) is 5.01. The fourth-order valence-electron chi connectivity index (χ4n) is 3.82. The van der Waals surface area contributed by atoms with Gasteiger partial charge in [-0.25, -0.2) is 0 Å². The van der Waals surface area contributed by atoms with E-state index in [4.69, 9.17) is 9.47 Å². The van der Waals surface area contributed by atoms with Crippen LogP contribution in [0.1, 0.15) is 11.1 Å². The highest BCUT2D eigenvalue weighted by atomic mass is 16.5. The minimum absolute atomic E-state index is 0.133. The molecule has 0 unspecified atom stereocenters. The van der Waals surface area contributed by atoms with Crippen molar-refractivity contribution in [3.05, 3.63) is 59.7 Å². The molecular weight excluding hydrogens is 378 g/mol. The largest absolute Gasteiger partial charge is 0.378 e. The Morgan fingerprint density at radius 1 is 0.933 bits per heavy atom. The Labute approximate surface area is 178 Å². The topological polar surface area (TPSA) is 54.0 Å². The quantitative estimate of drug-likeness (QED) is 0.771. The Hall–Kier alpha value is -2.83. The van der Waals surface area contributed by atoms with Gasteiger partial charge in [0.1, 0.15) is 0 Å². The smallest absolute Gasteiger partial charge is 0.248 e. The Bertz CT molecular complexity index is 900. The van der Waals surface area contributed by atoms with Crippen LogP contribution in [0.2, 0.25) is 0 Å². The van der Waals surface area contributed by atoms with Crippen LogP contribution in [-0.2, 0) is 14.3 Å².